The van der Waals surface area contributed by atoms with Crippen LogP contribution in [0.1, 0.15) is 6.92 Å². The van der Waals surface area contributed by atoms with Crippen molar-refractivity contribution in [1.82, 2.24) is 10.2 Å². The number of nitrogens with zero attached hydrogens (tertiary/aromatic N) is 1. The SMILES string of the molecule is CC(N)(C(=O)O)N1CCNCC1. The van der Waals surface area contributed by atoms with E-state index in [4.69, 9.17) is 10.8 Å². The molecule has 1 heterocycles. The zero-order chi connectivity index (χ0) is 9.19. The second-order valence-electron chi connectivity index (χ2n) is 3.19. The van der Waals surface area contributed by atoms with Gasteiger partial charge in [-0.05, 0) is 6.92 Å². The number of nitrogens with two attached hydrogens (primary N) is 1. The number of aliphatic carboxylic acids is 1. The molecule has 1 atom stereocenters. The molecule has 0 bridgehead atoms. The highest BCUT2D eigenvalue weighted by molar-refractivity contribution is 5.77. The summed E-state index contributed by atoms with van der Waals surface area (Å²) in [6.07, 6.45) is 0. The third-order valence-corrected chi connectivity index (χ3v) is 2.21. The van der Waals surface area contributed by atoms with Crippen LogP contribution in [0.25, 0.3) is 0 Å². The summed E-state index contributed by atoms with van der Waals surface area (Å²) >= 11 is 0. The van der Waals surface area contributed by atoms with Gasteiger partial charge < -0.3 is 16.2 Å². The molecule has 0 aromatic carbocycles. The van der Waals surface area contributed by atoms with Gasteiger partial charge in [-0.2, -0.15) is 0 Å². The molecule has 0 aromatic heterocycles. The van der Waals surface area contributed by atoms with Crippen molar-refractivity contribution in [3.63, 3.8) is 0 Å². The molecule has 70 valence electrons. The first-order valence-electron chi connectivity index (χ1n) is 4.03. The standard InChI is InChI=1S/C7H15N3O2/c1-7(8,6(11)12)10-4-2-9-3-5-10/h9H,2-5,8H2,1H3,(H,11,12). The Bertz CT molecular complexity index is 175. The van der Waals surface area contributed by atoms with E-state index in [0.29, 0.717) is 13.1 Å². The molecule has 0 aliphatic carbocycles. The molecule has 1 unspecified atom stereocenters. The highest BCUT2D eigenvalue weighted by Gasteiger charge is 2.35. The Kier molecular flexibility index (Phi) is 2.66. The molecule has 0 spiro atoms. The van der Waals surface area contributed by atoms with Gasteiger partial charge >= 0.3 is 5.97 Å². The van der Waals surface area contributed by atoms with E-state index in [1.165, 1.54) is 6.92 Å². The number of piperazine rings is 1. The molecule has 1 saturated heterocycles. The highest BCUT2D eigenvalue weighted by Crippen LogP contribution is 2.08. The normalized spacial score (nSPS) is 24.8. The highest BCUT2D eigenvalue weighted by atomic mass is 16.4. The average Bonchev–Trinajstić information content (AvgIpc) is 2.06. The predicted octanol–water partition coefficient (Wildman–Crippen LogP) is -1.35. The maximum absolute atomic E-state index is 10.7. The van der Waals surface area contributed by atoms with Crippen molar-refractivity contribution in [3.8, 4) is 0 Å². The van der Waals surface area contributed by atoms with Crippen molar-refractivity contribution in [1.29, 1.82) is 0 Å². The quantitative estimate of drug-likeness (QED) is 0.481. The van der Waals surface area contributed by atoms with Crippen molar-refractivity contribution in [3.05, 3.63) is 0 Å². The summed E-state index contributed by atoms with van der Waals surface area (Å²) in [4.78, 5) is 12.5. The molecule has 1 aliphatic heterocycles. The Morgan fingerprint density at radius 3 is 2.50 bits per heavy atom. The van der Waals surface area contributed by atoms with Crippen LogP contribution in [-0.4, -0.2) is 47.8 Å². The van der Waals surface area contributed by atoms with Crippen LogP contribution in [0.2, 0.25) is 0 Å². The first-order chi connectivity index (χ1) is 5.55. The minimum Gasteiger partial charge on any atom is -0.479 e. The van der Waals surface area contributed by atoms with E-state index >= 15 is 0 Å². The molecule has 5 nitrogen and oxygen atoms in total. The summed E-state index contributed by atoms with van der Waals surface area (Å²) in [6.45, 7) is 4.53. The molecule has 12 heavy (non-hydrogen) atoms. The van der Waals surface area contributed by atoms with Gasteiger partial charge in [-0.1, -0.05) is 0 Å². The molecule has 1 rings (SSSR count). The van der Waals surface area contributed by atoms with E-state index in [-0.39, 0.29) is 0 Å². The van der Waals surface area contributed by atoms with E-state index in [1.807, 2.05) is 0 Å². The number of carboxylic acids is 1. The first-order valence-corrected chi connectivity index (χ1v) is 4.03. The molecular formula is C7H15N3O2. The van der Waals surface area contributed by atoms with Crippen molar-refractivity contribution in [2.75, 3.05) is 26.2 Å². The third-order valence-electron chi connectivity index (χ3n) is 2.21. The molecule has 0 radical (unpaired) electrons. The van der Waals surface area contributed by atoms with E-state index in [2.05, 4.69) is 5.32 Å². The molecule has 5 heteroatoms. The lowest BCUT2D eigenvalue weighted by Crippen LogP contribution is -2.63. The number of rotatable bonds is 2. The van der Waals surface area contributed by atoms with Gasteiger partial charge in [-0.15, -0.1) is 0 Å². The number of hydrogen-bond acceptors (Lipinski definition) is 4. The van der Waals surface area contributed by atoms with E-state index in [9.17, 15) is 4.79 Å². The largest absolute Gasteiger partial charge is 0.479 e. The van der Waals surface area contributed by atoms with Crippen LogP contribution >= 0.6 is 0 Å². The van der Waals surface area contributed by atoms with Crippen LogP contribution in [0.3, 0.4) is 0 Å². The fourth-order valence-corrected chi connectivity index (χ4v) is 1.26. The van der Waals surface area contributed by atoms with E-state index < -0.39 is 11.6 Å². The minimum atomic E-state index is -1.22. The average molecular weight is 173 g/mol. The number of hydrogen-bond donors (Lipinski definition) is 3. The Balaban J connectivity index is 2.59. The maximum Gasteiger partial charge on any atom is 0.338 e. The lowest BCUT2D eigenvalue weighted by atomic mass is 10.1. The van der Waals surface area contributed by atoms with Crippen LogP contribution < -0.4 is 11.1 Å². The lowest BCUT2D eigenvalue weighted by molar-refractivity contribution is -0.150. The monoisotopic (exact) mass is 173 g/mol. The van der Waals surface area contributed by atoms with Crippen LogP contribution in [0.15, 0.2) is 0 Å². The summed E-state index contributed by atoms with van der Waals surface area (Å²) in [6, 6.07) is 0. The van der Waals surface area contributed by atoms with Gasteiger partial charge in [0, 0.05) is 26.2 Å². The Morgan fingerprint density at radius 2 is 2.08 bits per heavy atom. The zero-order valence-electron chi connectivity index (χ0n) is 7.21. The lowest BCUT2D eigenvalue weighted by Gasteiger charge is -2.37. The summed E-state index contributed by atoms with van der Waals surface area (Å²) in [5.41, 5.74) is 4.41. The number of carbonyl (C=O) groups is 1. The molecule has 1 aliphatic rings. The third kappa shape index (κ3) is 1.74. The topological polar surface area (TPSA) is 78.6 Å². The molecule has 0 amide bonds. The Labute approximate surface area is 71.5 Å². The Morgan fingerprint density at radius 1 is 1.58 bits per heavy atom. The molecule has 0 aromatic rings. The van der Waals surface area contributed by atoms with Gasteiger partial charge in [0.1, 0.15) is 0 Å². The van der Waals surface area contributed by atoms with Crippen LogP contribution in [0, 0.1) is 0 Å². The summed E-state index contributed by atoms with van der Waals surface area (Å²) in [5, 5.41) is 11.9. The fourth-order valence-electron chi connectivity index (χ4n) is 1.26. The molecule has 4 N–H and O–H groups in total. The maximum atomic E-state index is 10.7. The van der Waals surface area contributed by atoms with Gasteiger partial charge in [0.2, 0.25) is 0 Å². The van der Waals surface area contributed by atoms with Crippen LogP contribution in [-0.2, 0) is 4.79 Å². The van der Waals surface area contributed by atoms with Crippen molar-refractivity contribution < 1.29 is 9.90 Å². The van der Waals surface area contributed by atoms with Gasteiger partial charge in [0.15, 0.2) is 5.66 Å². The number of nitrogens with one attached hydrogen (secondary N) is 1. The summed E-state index contributed by atoms with van der Waals surface area (Å²) in [5.74, 6) is -0.968. The van der Waals surface area contributed by atoms with Gasteiger partial charge in [0.05, 0.1) is 0 Å². The van der Waals surface area contributed by atoms with E-state index in [0.717, 1.165) is 13.1 Å². The van der Waals surface area contributed by atoms with Crippen molar-refractivity contribution in [2.24, 2.45) is 5.73 Å². The zero-order valence-corrected chi connectivity index (χ0v) is 7.21. The second-order valence-corrected chi connectivity index (χ2v) is 3.19. The molecule has 1 fully saturated rings. The second kappa shape index (κ2) is 3.38. The Hall–Kier alpha value is -0.650. The van der Waals surface area contributed by atoms with E-state index in [1.54, 1.807) is 4.90 Å². The van der Waals surface area contributed by atoms with Gasteiger partial charge in [-0.3, -0.25) is 4.90 Å². The summed E-state index contributed by atoms with van der Waals surface area (Å²) in [7, 11) is 0. The minimum absolute atomic E-state index is 0.694. The number of carboxylic acid groups (broad SMARTS) is 1. The van der Waals surface area contributed by atoms with Crippen LogP contribution in [0.4, 0.5) is 0 Å². The van der Waals surface area contributed by atoms with Crippen molar-refractivity contribution >= 4 is 5.97 Å². The first kappa shape index (κ1) is 9.44. The predicted molar refractivity (Wildman–Crippen MR) is 44.7 cm³/mol. The van der Waals surface area contributed by atoms with Gasteiger partial charge in [-0.25, -0.2) is 4.79 Å². The summed E-state index contributed by atoms with van der Waals surface area (Å²) < 4.78 is 0. The van der Waals surface area contributed by atoms with Crippen LogP contribution in [0.5, 0.6) is 0 Å². The molecule has 0 saturated carbocycles. The molecular weight excluding hydrogens is 158 g/mol. The smallest absolute Gasteiger partial charge is 0.338 e. The fraction of sp³-hybridized carbons (Fsp3) is 0.857. The van der Waals surface area contributed by atoms with Crippen molar-refractivity contribution in [2.45, 2.75) is 12.6 Å². The van der Waals surface area contributed by atoms with Gasteiger partial charge in [0.25, 0.3) is 0 Å².